The summed E-state index contributed by atoms with van der Waals surface area (Å²) in [4.78, 5) is 14.7. The third-order valence-electron chi connectivity index (χ3n) is 2.70. The summed E-state index contributed by atoms with van der Waals surface area (Å²) in [6, 6.07) is 0.922. The van der Waals surface area contributed by atoms with E-state index < -0.39 is 11.8 Å². The first-order valence-corrected chi connectivity index (χ1v) is 5.53. The zero-order chi connectivity index (χ0) is 14.0. The van der Waals surface area contributed by atoms with E-state index in [2.05, 4.69) is 15.5 Å². The summed E-state index contributed by atoms with van der Waals surface area (Å²) < 4.78 is 18.0. The molecule has 2 heterocycles. The summed E-state index contributed by atoms with van der Waals surface area (Å²) in [6.07, 6.45) is 0.960. The van der Waals surface area contributed by atoms with E-state index in [9.17, 15) is 9.18 Å². The van der Waals surface area contributed by atoms with E-state index in [1.165, 1.54) is 0 Å². The minimum Gasteiger partial charge on any atom is -0.478 e. The van der Waals surface area contributed by atoms with Crippen LogP contribution in [0.25, 0.3) is 0 Å². The van der Waals surface area contributed by atoms with E-state index in [1.54, 1.807) is 13.8 Å². The maximum atomic E-state index is 13.0. The van der Waals surface area contributed by atoms with Gasteiger partial charge in [0.15, 0.2) is 0 Å². The number of hydrogen-bond acceptors (Lipinski definition) is 5. The van der Waals surface area contributed by atoms with Gasteiger partial charge in [-0.15, -0.1) is 0 Å². The molecular weight excluding hydrogens is 253 g/mol. The average molecular weight is 265 g/mol. The van der Waals surface area contributed by atoms with Crippen molar-refractivity contribution in [2.24, 2.45) is 0 Å². The fraction of sp³-hybridized carbons (Fsp3) is 0.250. The zero-order valence-corrected chi connectivity index (χ0v) is 10.4. The van der Waals surface area contributed by atoms with Gasteiger partial charge in [0.05, 0.1) is 11.9 Å². The standard InChI is InChI=1S/C12H12FN3O3/c1-6-10(7(2)19-16-6)5-15-11-9(12(17)18)3-8(13)4-14-11/h3-4H,5H2,1-2H3,(H,14,15)(H,17,18). The van der Waals surface area contributed by atoms with Crippen LogP contribution >= 0.6 is 0 Å². The molecule has 0 radical (unpaired) electrons. The fourth-order valence-electron chi connectivity index (χ4n) is 1.67. The molecule has 0 fully saturated rings. The topological polar surface area (TPSA) is 88.3 Å². The summed E-state index contributed by atoms with van der Waals surface area (Å²) in [5.74, 6) is -1.19. The summed E-state index contributed by atoms with van der Waals surface area (Å²) in [6.45, 7) is 3.84. The Bertz CT molecular complexity index is 605. The maximum absolute atomic E-state index is 13.0. The number of pyridine rings is 1. The molecule has 0 saturated carbocycles. The zero-order valence-electron chi connectivity index (χ0n) is 10.4. The molecule has 0 saturated heterocycles. The highest BCUT2D eigenvalue weighted by Gasteiger charge is 2.14. The highest BCUT2D eigenvalue weighted by Crippen LogP contribution is 2.17. The molecule has 2 aromatic rings. The first kappa shape index (κ1) is 13.0. The normalized spacial score (nSPS) is 10.5. The fourth-order valence-corrected chi connectivity index (χ4v) is 1.67. The van der Waals surface area contributed by atoms with E-state index >= 15 is 0 Å². The third-order valence-corrected chi connectivity index (χ3v) is 2.70. The largest absolute Gasteiger partial charge is 0.478 e. The first-order chi connectivity index (χ1) is 8.99. The summed E-state index contributed by atoms with van der Waals surface area (Å²) >= 11 is 0. The minimum absolute atomic E-state index is 0.105. The lowest BCUT2D eigenvalue weighted by Crippen LogP contribution is -2.09. The van der Waals surface area contributed by atoms with E-state index in [1.807, 2.05) is 0 Å². The van der Waals surface area contributed by atoms with Gasteiger partial charge in [0.1, 0.15) is 23.0 Å². The van der Waals surface area contributed by atoms with Crippen LogP contribution in [-0.2, 0) is 6.54 Å². The van der Waals surface area contributed by atoms with Crippen LogP contribution in [0.15, 0.2) is 16.8 Å². The number of halogens is 1. The van der Waals surface area contributed by atoms with Gasteiger partial charge in [-0.2, -0.15) is 0 Å². The predicted molar refractivity (Wildman–Crippen MR) is 64.5 cm³/mol. The number of nitrogens with one attached hydrogen (secondary N) is 1. The Morgan fingerprint density at radius 1 is 1.53 bits per heavy atom. The molecule has 0 aliphatic rings. The number of nitrogens with zero attached hydrogens (tertiary/aromatic N) is 2. The molecule has 19 heavy (non-hydrogen) atoms. The van der Waals surface area contributed by atoms with Crippen LogP contribution in [0.4, 0.5) is 10.2 Å². The van der Waals surface area contributed by atoms with E-state index in [-0.39, 0.29) is 11.4 Å². The van der Waals surface area contributed by atoms with Crippen molar-refractivity contribution < 1.29 is 18.8 Å². The Kier molecular flexibility index (Phi) is 3.46. The number of aromatic carboxylic acids is 1. The van der Waals surface area contributed by atoms with Crippen molar-refractivity contribution in [3.63, 3.8) is 0 Å². The van der Waals surface area contributed by atoms with Crippen LogP contribution in [0.2, 0.25) is 0 Å². The van der Waals surface area contributed by atoms with Crippen molar-refractivity contribution in [3.05, 3.63) is 40.7 Å². The molecule has 0 aromatic carbocycles. The molecule has 0 unspecified atom stereocenters. The molecule has 2 rings (SSSR count). The summed E-state index contributed by atoms with van der Waals surface area (Å²) in [5.41, 5.74) is 1.32. The number of anilines is 1. The van der Waals surface area contributed by atoms with Crippen molar-refractivity contribution in [2.45, 2.75) is 20.4 Å². The van der Waals surface area contributed by atoms with E-state index in [4.69, 9.17) is 9.63 Å². The van der Waals surface area contributed by atoms with E-state index in [0.717, 1.165) is 17.8 Å². The van der Waals surface area contributed by atoms with Gasteiger partial charge in [-0.05, 0) is 19.9 Å². The van der Waals surface area contributed by atoms with Crippen LogP contribution in [0, 0.1) is 19.7 Å². The number of hydrogen-bond donors (Lipinski definition) is 2. The molecular formula is C12H12FN3O3. The molecule has 6 nitrogen and oxygen atoms in total. The van der Waals surface area contributed by atoms with Gasteiger partial charge in [-0.25, -0.2) is 14.2 Å². The lowest BCUT2D eigenvalue weighted by Gasteiger charge is -2.08. The molecule has 0 bridgehead atoms. The average Bonchev–Trinajstić information content (AvgIpc) is 2.68. The minimum atomic E-state index is -1.24. The van der Waals surface area contributed by atoms with Crippen molar-refractivity contribution in [1.82, 2.24) is 10.1 Å². The van der Waals surface area contributed by atoms with Gasteiger partial charge in [-0.3, -0.25) is 0 Å². The van der Waals surface area contributed by atoms with Crippen LogP contribution < -0.4 is 5.32 Å². The van der Waals surface area contributed by atoms with Crippen LogP contribution in [-0.4, -0.2) is 21.2 Å². The number of carboxylic acids is 1. The van der Waals surface area contributed by atoms with Crippen molar-refractivity contribution in [2.75, 3.05) is 5.32 Å². The highest BCUT2D eigenvalue weighted by molar-refractivity contribution is 5.93. The molecule has 0 aliphatic carbocycles. The van der Waals surface area contributed by atoms with Crippen molar-refractivity contribution in [1.29, 1.82) is 0 Å². The molecule has 0 amide bonds. The number of rotatable bonds is 4. The second-order valence-corrected chi connectivity index (χ2v) is 4.01. The van der Waals surface area contributed by atoms with Gasteiger partial charge in [0.2, 0.25) is 0 Å². The molecule has 0 spiro atoms. The molecule has 0 aliphatic heterocycles. The number of aromatic nitrogens is 2. The molecule has 0 atom stereocenters. The Balaban J connectivity index is 2.23. The monoisotopic (exact) mass is 265 g/mol. The molecule has 7 heteroatoms. The Hall–Kier alpha value is -2.44. The highest BCUT2D eigenvalue weighted by atomic mass is 19.1. The van der Waals surface area contributed by atoms with Gasteiger partial charge in [0.25, 0.3) is 0 Å². The maximum Gasteiger partial charge on any atom is 0.339 e. The smallest absolute Gasteiger partial charge is 0.339 e. The molecule has 2 N–H and O–H groups in total. The van der Waals surface area contributed by atoms with Crippen LogP contribution in [0.1, 0.15) is 27.4 Å². The Labute approximate surface area is 108 Å². The molecule has 100 valence electrons. The van der Waals surface area contributed by atoms with Crippen LogP contribution in [0.5, 0.6) is 0 Å². The van der Waals surface area contributed by atoms with Crippen LogP contribution in [0.3, 0.4) is 0 Å². The second kappa shape index (κ2) is 5.05. The molecule has 2 aromatic heterocycles. The van der Waals surface area contributed by atoms with Crippen molar-refractivity contribution >= 4 is 11.8 Å². The van der Waals surface area contributed by atoms with Crippen molar-refractivity contribution in [3.8, 4) is 0 Å². The first-order valence-electron chi connectivity index (χ1n) is 5.53. The number of aryl methyl sites for hydroxylation is 2. The lowest BCUT2D eigenvalue weighted by atomic mass is 10.2. The number of carboxylic acid groups (broad SMARTS) is 1. The Morgan fingerprint density at radius 2 is 2.26 bits per heavy atom. The van der Waals surface area contributed by atoms with E-state index in [0.29, 0.717) is 18.0 Å². The van der Waals surface area contributed by atoms with Gasteiger partial charge in [-0.1, -0.05) is 5.16 Å². The van der Waals surface area contributed by atoms with Gasteiger partial charge < -0.3 is 14.9 Å². The third kappa shape index (κ3) is 2.70. The summed E-state index contributed by atoms with van der Waals surface area (Å²) in [7, 11) is 0. The lowest BCUT2D eigenvalue weighted by molar-refractivity contribution is 0.0697. The predicted octanol–water partition coefficient (Wildman–Crippen LogP) is 2.14. The van der Waals surface area contributed by atoms with Gasteiger partial charge in [0, 0.05) is 12.1 Å². The number of carbonyl (C=O) groups is 1. The Morgan fingerprint density at radius 3 is 2.84 bits per heavy atom. The SMILES string of the molecule is Cc1noc(C)c1CNc1ncc(F)cc1C(=O)O. The van der Waals surface area contributed by atoms with Gasteiger partial charge >= 0.3 is 5.97 Å². The quantitative estimate of drug-likeness (QED) is 0.880. The summed E-state index contributed by atoms with van der Waals surface area (Å²) in [5, 5.41) is 15.6. The second-order valence-electron chi connectivity index (χ2n) is 4.01.